The van der Waals surface area contributed by atoms with Crippen LogP contribution in [-0.4, -0.2) is 12.0 Å². The second-order valence-corrected chi connectivity index (χ2v) is 5.86. The molecular weight excluding hydrogens is 282 g/mol. The van der Waals surface area contributed by atoms with E-state index < -0.39 is 0 Å². The summed E-state index contributed by atoms with van der Waals surface area (Å²) in [6.45, 7) is 4.50. The van der Waals surface area contributed by atoms with E-state index in [9.17, 15) is 4.79 Å². The Morgan fingerprint density at radius 3 is 2.67 bits per heavy atom. The van der Waals surface area contributed by atoms with Crippen LogP contribution < -0.4 is 10.1 Å². The van der Waals surface area contributed by atoms with Gasteiger partial charge in [-0.3, -0.25) is 4.79 Å². The summed E-state index contributed by atoms with van der Waals surface area (Å²) < 4.78 is 5.58. The Bertz CT molecular complexity index is 586. The molecule has 1 aromatic carbocycles. The fourth-order valence-corrected chi connectivity index (χ4v) is 2.37. The van der Waals surface area contributed by atoms with Crippen molar-refractivity contribution in [1.29, 1.82) is 0 Å². The molecule has 0 saturated heterocycles. The van der Waals surface area contributed by atoms with E-state index >= 15 is 0 Å². The van der Waals surface area contributed by atoms with Crippen molar-refractivity contribution in [3.63, 3.8) is 0 Å². The molecule has 0 bridgehead atoms. The van der Waals surface area contributed by atoms with Crippen LogP contribution in [0.25, 0.3) is 6.08 Å². The van der Waals surface area contributed by atoms with Gasteiger partial charge >= 0.3 is 0 Å². The minimum atomic E-state index is -0.0918. The molecule has 0 radical (unpaired) electrons. The molecule has 0 saturated carbocycles. The zero-order chi connectivity index (χ0) is 15.1. The predicted molar refractivity (Wildman–Crippen MR) is 87.4 cm³/mol. The number of hydrogen-bond acceptors (Lipinski definition) is 3. The monoisotopic (exact) mass is 301 g/mol. The van der Waals surface area contributed by atoms with Gasteiger partial charge in [0, 0.05) is 17.5 Å². The summed E-state index contributed by atoms with van der Waals surface area (Å²) in [6.07, 6.45) is 3.54. The molecule has 1 heterocycles. The van der Waals surface area contributed by atoms with E-state index in [2.05, 4.69) is 5.32 Å². The van der Waals surface area contributed by atoms with Crippen molar-refractivity contribution in [1.82, 2.24) is 5.32 Å². The Morgan fingerprint density at radius 2 is 2.05 bits per heavy atom. The first-order chi connectivity index (χ1) is 10.1. The fourth-order valence-electron chi connectivity index (χ4n) is 1.75. The summed E-state index contributed by atoms with van der Waals surface area (Å²) in [5.74, 6) is 0.753. The van der Waals surface area contributed by atoms with Gasteiger partial charge in [-0.1, -0.05) is 18.2 Å². The van der Waals surface area contributed by atoms with Gasteiger partial charge in [-0.25, -0.2) is 0 Å². The van der Waals surface area contributed by atoms with Gasteiger partial charge in [0.05, 0.1) is 6.10 Å². The number of amides is 1. The Balaban J connectivity index is 1.81. The van der Waals surface area contributed by atoms with Gasteiger partial charge in [0.1, 0.15) is 5.75 Å². The molecule has 0 atom stereocenters. The van der Waals surface area contributed by atoms with Crippen LogP contribution in [0.4, 0.5) is 0 Å². The normalized spacial score (nSPS) is 11.0. The summed E-state index contributed by atoms with van der Waals surface area (Å²) in [5.41, 5.74) is 1.05. The van der Waals surface area contributed by atoms with Gasteiger partial charge in [0.15, 0.2) is 0 Å². The topological polar surface area (TPSA) is 38.3 Å². The minimum Gasteiger partial charge on any atom is -0.491 e. The molecule has 1 amide bonds. The zero-order valence-corrected chi connectivity index (χ0v) is 13.0. The molecule has 0 aliphatic carbocycles. The third-order valence-corrected chi connectivity index (χ3v) is 3.54. The van der Waals surface area contributed by atoms with Gasteiger partial charge in [0.25, 0.3) is 0 Å². The first kappa shape index (κ1) is 15.3. The largest absolute Gasteiger partial charge is 0.491 e. The average molecular weight is 301 g/mol. The quantitative estimate of drug-likeness (QED) is 0.823. The van der Waals surface area contributed by atoms with Gasteiger partial charge < -0.3 is 10.1 Å². The van der Waals surface area contributed by atoms with E-state index in [0.717, 1.165) is 16.2 Å². The summed E-state index contributed by atoms with van der Waals surface area (Å²) in [7, 11) is 0. The first-order valence-corrected chi connectivity index (χ1v) is 7.76. The first-order valence-electron chi connectivity index (χ1n) is 6.88. The van der Waals surface area contributed by atoms with Crippen molar-refractivity contribution in [3.8, 4) is 5.75 Å². The van der Waals surface area contributed by atoms with Gasteiger partial charge in [-0.2, -0.15) is 0 Å². The maximum absolute atomic E-state index is 11.7. The molecule has 21 heavy (non-hydrogen) atoms. The molecule has 0 spiro atoms. The van der Waals surface area contributed by atoms with E-state index in [4.69, 9.17) is 4.74 Å². The number of thiophene rings is 1. The van der Waals surface area contributed by atoms with E-state index in [0.29, 0.717) is 6.54 Å². The number of rotatable bonds is 6. The van der Waals surface area contributed by atoms with Gasteiger partial charge in [0.2, 0.25) is 5.91 Å². The molecule has 110 valence electrons. The van der Waals surface area contributed by atoms with Crippen molar-refractivity contribution in [3.05, 3.63) is 58.3 Å². The molecule has 2 aromatic rings. The van der Waals surface area contributed by atoms with Crippen LogP contribution in [0.1, 0.15) is 24.3 Å². The predicted octanol–water partition coefficient (Wildman–Crippen LogP) is 3.86. The SMILES string of the molecule is CC(C)Oc1ccc(CNC(=O)C=Cc2cccs2)cc1. The highest BCUT2D eigenvalue weighted by Gasteiger charge is 2.00. The Kier molecular flexibility index (Phi) is 5.58. The van der Waals surface area contributed by atoms with Crippen molar-refractivity contribution in [2.45, 2.75) is 26.5 Å². The maximum Gasteiger partial charge on any atom is 0.244 e. The maximum atomic E-state index is 11.7. The number of hydrogen-bond donors (Lipinski definition) is 1. The molecule has 1 aromatic heterocycles. The van der Waals surface area contributed by atoms with Gasteiger partial charge in [-0.15, -0.1) is 11.3 Å². The lowest BCUT2D eigenvalue weighted by Crippen LogP contribution is -2.20. The molecule has 4 heteroatoms. The smallest absolute Gasteiger partial charge is 0.244 e. The number of benzene rings is 1. The summed E-state index contributed by atoms with van der Waals surface area (Å²) in [4.78, 5) is 12.8. The van der Waals surface area contributed by atoms with E-state index in [1.54, 1.807) is 17.4 Å². The Hall–Kier alpha value is -2.07. The third kappa shape index (κ3) is 5.44. The number of carbonyl (C=O) groups is 1. The highest BCUT2D eigenvalue weighted by molar-refractivity contribution is 7.10. The standard InChI is InChI=1S/C17H19NO2S/c1-13(2)20-15-7-5-14(6-8-15)12-18-17(19)10-9-16-4-3-11-21-16/h3-11,13H,12H2,1-2H3,(H,18,19). The lowest BCUT2D eigenvalue weighted by atomic mass is 10.2. The van der Waals surface area contributed by atoms with E-state index in [1.165, 1.54) is 0 Å². The van der Waals surface area contributed by atoms with Crippen molar-refractivity contribution in [2.24, 2.45) is 0 Å². The molecular formula is C17H19NO2S. The minimum absolute atomic E-state index is 0.0918. The molecule has 0 fully saturated rings. The highest BCUT2D eigenvalue weighted by Crippen LogP contribution is 2.14. The third-order valence-electron chi connectivity index (χ3n) is 2.70. The summed E-state index contributed by atoms with van der Waals surface area (Å²) >= 11 is 1.61. The Labute approximate surface area is 129 Å². The number of ether oxygens (including phenoxy) is 1. The summed E-state index contributed by atoms with van der Waals surface area (Å²) in [5, 5.41) is 4.84. The lowest BCUT2D eigenvalue weighted by Gasteiger charge is -2.10. The van der Waals surface area contributed by atoms with E-state index in [1.807, 2.05) is 61.7 Å². The lowest BCUT2D eigenvalue weighted by molar-refractivity contribution is -0.116. The van der Waals surface area contributed by atoms with Crippen molar-refractivity contribution >= 4 is 23.3 Å². The highest BCUT2D eigenvalue weighted by atomic mass is 32.1. The molecule has 0 aliphatic heterocycles. The van der Waals surface area contributed by atoms with Crippen LogP contribution in [0.5, 0.6) is 5.75 Å². The molecule has 0 unspecified atom stereocenters. The molecule has 0 aliphatic rings. The molecule has 1 N–H and O–H groups in total. The Morgan fingerprint density at radius 1 is 1.29 bits per heavy atom. The van der Waals surface area contributed by atoms with E-state index in [-0.39, 0.29) is 12.0 Å². The number of nitrogens with one attached hydrogen (secondary N) is 1. The fraction of sp³-hybridized carbons (Fsp3) is 0.235. The van der Waals surface area contributed by atoms with Crippen LogP contribution in [-0.2, 0) is 11.3 Å². The van der Waals surface area contributed by atoms with Crippen LogP contribution in [0, 0.1) is 0 Å². The van der Waals surface area contributed by atoms with Crippen LogP contribution in [0.15, 0.2) is 47.9 Å². The molecule has 2 rings (SSSR count). The van der Waals surface area contributed by atoms with Crippen LogP contribution in [0.3, 0.4) is 0 Å². The van der Waals surface area contributed by atoms with Crippen molar-refractivity contribution in [2.75, 3.05) is 0 Å². The second-order valence-electron chi connectivity index (χ2n) is 4.88. The van der Waals surface area contributed by atoms with Crippen LogP contribution >= 0.6 is 11.3 Å². The zero-order valence-electron chi connectivity index (χ0n) is 12.2. The average Bonchev–Trinajstić information content (AvgIpc) is 2.97. The van der Waals surface area contributed by atoms with Gasteiger partial charge in [-0.05, 0) is 49.1 Å². The number of carbonyl (C=O) groups excluding carboxylic acids is 1. The summed E-state index contributed by atoms with van der Waals surface area (Å²) in [6, 6.07) is 11.7. The second kappa shape index (κ2) is 7.64. The van der Waals surface area contributed by atoms with Crippen LogP contribution in [0.2, 0.25) is 0 Å². The van der Waals surface area contributed by atoms with Crippen molar-refractivity contribution < 1.29 is 9.53 Å². The molecule has 3 nitrogen and oxygen atoms in total.